The van der Waals surface area contributed by atoms with Crippen LogP contribution in [0.15, 0.2) is 76.2 Å². The molecule has 0 aliphatic carbocycles. The molecule has 3 aromatic rings. The fraction of sp³-hybridized carbons (Fsp3) is 0.217. The number of sulfone groups is 1. The van der Waals surface area contributed by atoms with Gasteiger partial charge >= 0.3 is 0 Å². The van der Waals surface area contributed by atoms with Crippen molar-refractivity contribution in [3.05, 3.63) is 83.8 Å². The number of fused-ring (bicyclic) bond motifs is 1. The first kappa shape index (κ1) is 20.9. The van der Waals surface area contributed by atoms with Crippen LogP contribution in [0.3, 0.4) is 0 Å². The lowest BCUT2D eigenvalue weighted by molar-refractivity contribution is -0.115. The number of carbonyl (C=O) groups excluding carboxylic acids is 2. The van der Waals surface area contributed by atoms with Crippen molar-refractivity contribution >= 4 is 27.3 Å². The molecule has 2 heterocycles. The van der Waals surface area contributed by atoms with Crippen molar-refractivity contribution in [2.75, 3.05) is 17.6 Å². The molecule has 2 amide bonds. The molecule has 0 fully saturated rings. The van der Waals surface area contributed by atoms with E-state index in [0.717, 1.165) is 11.1 Å². The molecular weight excluding hydrogens is 416 g/mol. The third-order valence-electron chi connectivity index (χ3n) is 5.22. The topological polar surface area (TPSA) is 96.7 Å². The second-order valence-corrected chi connectivity index (χ2v) is 9.48. The summed E-state index contributed by atoms with van der Waals surface area (Å²) in [7, 11) is -3.51. The van der Waals surface area contributed by atoms with E-state index in [1.807, 2.05) is 12.1 Å². The van der Waals surface area contributed by atoms with E-state index in [9.17, 15) is 18.0 Å². The minimum atomic E-state index is -3.51. The molecule has 1 N–H and O–H groups in total. The molecule has 4 rings (SSSR count). The van der Waals surface area contributed by atoms with Crippen LogP contribution >= 0.6 is 0 Å². The Balaban J connectivity index is 1.38. The number of carbonyl (C=O) groups is 2. The minimum Gasteiger partial charge on any atom is -0.459 e. The van der Waals surface area contributed by atoms with Crippen molar-refractivity contribution in [2.45, 2.75) is 24.3 Å². The van der Waals surface area contributed by atoms with Crippen LogP contribution in [0.2, 0.25) is 0 Å². The zero-order valence-corrected chi connectivity index (χ0v) is 17.6. The molecule has 160 valence electrons. The van der Waals surface area contributed by atoms with E-state index < -0.39 is 9.84 Å². The van der Waals surface area contributed by atoms with Crippen molar-refractivity contribution in [3.63, 3.8) is 0 Å². The van der Waals surface area contributed by atoms with Crippen LogP contribution in [0.1, 0.15) is 28.1 Å². The fourth-order valence-corrected chi connectivity index (χ4v) is 4.82. The van der Waals surface area contributed by atoms with E-state index >= 15 is 0 Å². The molecule has 8 heteroatoms. The Morgan fingerprint density at radius 1 is 1.00 bits per heavy atom. The summed E-state index contributed by atoms with van der Waals surface area (Å²) in [5, 5.41) is 2.76. The molecule has 0 saturated carbocycles. The molecule has 0 saturated heterocycles. The summed E-state index contributed by atoms with van der Waals surface area (Å²) in [5.74, 6) is -0.512. The number of furan rings is 1. The predicted molar refractivity (Wildman–Crippen MR) is 115 cm³/mol. The van der Waals surface area contributed by atoms with E-state index in [-0.39, 0.29) is 28.9 Å². The van der Waals surface area contributed by atoms with Gasteiger partial charge in [-0.1, -0.05) is 24.3 Å². The predicted octanol–water partition coefficient (Wildman–Crippen LogP) is 3.28. The number of hydrogen-bond donors (Lipinski definition) is 1. The first-order chi connectivity index (χ1) is 14.9. The van der Waals surface area contributed by atoms with Gasteiger partial charge < -0.3 is 14.6 Å². The van der Waals surface area contributed by atoms with Crippen molar-refractivity contribution < 1.29 is 22.4 Å². The third kappa shape index (κ3) is 4.86. The van der Waals surface area contributed by atoms with Crippen molar-refractivity contribution in [3.8, 4) is 0 Å². The summed E-state index contributed by atoms with van der Waals surface area (Å²) in [6.45, 7) is 1.01. The molecule has 0 radical (unpaired) electrons. The Bertz CT molecular complexity index is 1190. The molecule has 2 aromatic carbocycles. The lowest BCUT2D eigenvalue weighted by Gasteiger charge is -2.28. The Kier molecular flexibility index (Phi) is 5.90. The van der Waals surface area contributed by atoms with Gasteiger partial charge in [0, 0.05) is 25.2 Å². The van der Waals surface area contributed by atoms with E-state index in [1.165, 1.54) is 18.4 Å². The highest BCUT2D eigenvalue weighted by Crippen LogP contribution is 2.24. The van der Waals surface area contributed by atoms with Crippen LogP contribution < -0.4 is 5.32 Å². The number of nitrogens with one attached hydrogen (secondary N) is 1. The smallest absolute Gasteiger partial charge is 0.289 e. The lowest BCUT2D eigenvalue weighted by Crippen LogP contribution is -2.35. The SMILES string of the molecule is O=C(CCS(=O)(=O)c1ccccc1)Nc1ccc2c(c1)CN(C(=O)c1ccco1)CC2. The second-order valence-electron chi connectivity index (χ2n) is 7.37. The van der Waals surface area contributed by atoms with Gasteiger partial charge in [-0.15, -0.1) is 0 Å². The van der Waals surface area contributed by atoms with Gasteiger partial charge in [0.2, 0.25) is 5.91 Å². The summed E-state index contributed by atoms with van der Waals surface area (Å²) >= 11 is 0. The number of nitrogens with zero attached hydrogens (tertiary/aromatic N) is 1. The lowest BCUT2D eigenvalue weighted by atomic mass is 9.99. The molecule has 1 aliphatic heterocycles. The standard InChI is InChI=1S/C23H22N2O5S/c26-22(11-14-31(28,29)20-5-2-1-3-6-20)24-19-9-8-17-10-12-25(16-18(17)15-19)23(27)21-7-4-13-30-21/h1-9,13,15H,10-12,14,16H2,(H,24,26). The van der Waals surface area contributed by atoms with E-state index in [2.05, 4.69) is 5.32 Å². The molecule has 7 nitrogen and oxygen atoms in total. The highest BCUT2D eigenvalue weighted by molar-refractivity contribution is 7.91. The Morgan fingerprint density at radius 2 is 1.81 bits per heavy atom. The largest absolute Gasteiger partial charge is 0.459 e. The summed E-state index contributed by atoms with van der Waals surface area (Å²) in [6.07, 6.45) is 2.04. The van der Waals surface area contributed by atoms with Gasteiger partial charge in [0.1, 0.15) is 0 Å². The van der Waals surface area contributed by atoms with Crippen LogP contribution in [0.5, 0.6) is 0 Å². The third-order valence-corrected chi connectivity index (χ3v) is 6.95. The van der Waals surface area contributed by atoms with Gasteiger partial charge in [0.25, 0.3) is 5.91 Å². The summed E-state index contributed by atoms with van der Waals surface area (Å²) < 4.78 is 29.9. The molecule has 31 heavy (non-hydrogen) atoms. The number of hydrogen-bond acceptors (Lipinski definition) is 5. The number of anilines is 1. The highest BCUT2D eigenvalue weighted by Gasteiger charge is 2.24. The van der Waals surface area contributed by atoms with Crippen LogP contribution in [-0.4, -0.2) is 37.4 Å². The fourth-order valence-electron chi connectivity index (χ4n) is 3.56. The van der Waals surface area contributed by atoms with Crippen LogP contribution in [0.25, 0.3) is 0 Å². The molecule has 0 bridgehead atoms. The minimum absolute atomic E-state index is 0.141. The van der Waals surface area contributed by atoms with E-state index in [0.29, 0.717) is 31.0 Å². The number of amides is 2. The molecule has 1 aliphatic rings. The number of rotatable bonds is 6. The maximum absolute atomic E-state index is 12.5. The van der Waals surface area contributed by atoms with Crippen LogP contribution in [0, 0.1) is 0 Å². The summed E-state index contributed by atoms with van der Waals surface area (Å²) in [6, 6.07) is 17.0. The van der Waals surface area contributed by atoms with Gasteiger partial charge in [0.15, 0.2) is 15.6 Å². The first-order valence-electron chi connectivity index (χ1n) is 9.94. The Hall–Kier alpha value is -3.39. The van der Waals surface area contributed by atoms with Crippen molar-refractivity contribution in [1.82, 2.24) is 4.90 Å². The molecule has 0 spiro atoms. The van der Waals surface area contributed by atoms with Gasteiger partial charge in [-0.05, 0) is 53.9 Å². The molecule has 1 aromatic heterocycles. The molecule has 0 atom stereocenters. The Labute approximate surface area is 180 Å². The average molecular weight is 439 g/mol. The van der Waals surface area contributed by atoms with E-state index in [4.69, 9.17) is 4.42 Å². The van der Waals surface area contributed by atoms with E-state index in [1.54, 1.807) is 41.3 Å². The van der Waals surface area contributed by atoms with Crippen LogP contribution in [0.4, 0.5) is 5.69 Å². The number of benzene rings is 2. The maximum atomic E-state index is 12.5. The van der Waals surface area contributed by atoms with Gasteiger partial charge in [-0.2, -0.15) is 0 Å². The Morgan fingerprint density at radius 3 is 2.55 bits per heavy atom. The van der Waals surface area contributed by atoms with Gasteiger partial charge in [0.05, 0.1) is 16.9 Å². The monoisotopic (exact) mass is 438 g/mol. The highest BCUT2D eigenvalue weighted by atomic mass is 32.2. The van der Waals surface area contributed by atoms with Gasteiger partial charge in [-0.3, -0.25) is 9.59 Å². The molecular formula is C23H22N2O5S. The van der Waals surface area contributed by atoms with Crippen molar-refractivity contribution in [2.24, 2.45) is 0 Å². The zero-order valence-electron chi connectivity index (χ0n) is 16.8. The zero-order chi connectivity index (χ0) is 21.8. The quantitative estimate of drug-likeness (QED) is 0.637. The summed E-state index contributed by atoms with van der Waals surface area (Å²) in [4.78, 5) is 26.8. The average Bonchev–Trinajstić information content (AvgIpc) is 3.32. The molecule has 0 unspecified atom stereocenters. The van der Waals surface area contributed by atoms with Crippen LogP contribution in [-0.2, 0) is 27.6 Å². The summed E-state index contributed by atoms with van der Waals surface area (Å²) in [5.41, 5.74) is 2.64. The first-order valence-corrected chi connectivity index (χ1v) is 11.6. The normalized spacial score (nSPS) is 13.5. The van der Waals surface area contributed by atoms with Gasteiger partial charge in [-0.25, -0.2) is 8.42 Å². The maximum Gasteiger partial charge on any atom is 0.289 e. The second kappa shape index (κ2) is 8.77. The van der Waals surface area contributed by atoms with Crippen molar-refractivity contribution in [1.29, 1.82) is 0 Å².